The van der Waals surface area contributed by atoms with Crippen molar-refractivity contribution < 1.29 is 17.9 Å². The van der Waals surface area contributed by atoms with Crippen LogP contribution in [0.3, 0.4) is 0 Å². The van der Waals surface area contributed by atoms with Crippen LogP contribution in [0, 0.1) is 0 Å². The van der Waals surface area contributed by atoms with Gasteiger partial charge in [0.25, 0.3) is 0 Å². The quantitative estimate of drug-likeness (QED) is 0.745. The normalized spacial score (nSPS) is 24.7. The molecule has 0 aromatic heterocycles. The van der Waals surface area contributed by atoms with Crippen LogP contribution in [0.4, 0.5) is 0 Å². The number of carbonyl (C=O) groups excluding carboxylic acids is 1. The number of fused-ring (bicyclic) bond motifs is 1. The largest absolute Gasteiger partial charge is 0.472 e. The van der Waals surface area contributed by atoms with E-state index < -0.39 is 9.84 Å². The molecule has 0 N–H and O–H groups in total. The molecule has 1 aromatic carbocycles. The van der Waals surface area contributed by atoms with Crippen molar-refractivity contribution in [2.75, 3.05) is 6.54 Å². The first-order valence-electron chi connectivity index (χ1n) is 5.53. The Hall–Kier alpha value is -1.82. The number of ether oxygens (including phenoxy) is 1. The van der Waals surface area contributed by atoms with Crippen molar-refractivity contribution >= 4 is 15.7 Å². The second kappa shape index (κ2) is 3.84. The SMILES string of the molecule is O=C1CC2O/C(=C\S(=O)(=O)c3ccccc3)CN12. The van der Waals surface area contributed by atoms with Crippen molar-refractivity contribution in [3.8, 4) is 0 Å². The molecular formula is C12H11NO4S. The summed E-state index contributed by atoms with van der Waals surface area (Å²) in [5.41, 5.74) is 0. The minimum absolute atomic E-state index is 0.000471. The number of hydrogen-bond donors (Lipinski definition) is 0. The summed E-state index contributed by atoms with van der Waals surface area (Å²) in [6.45, 7) is 0.246. The highest BCUT2D eigenvalue weighted by molar-refractivity contribution is 7.94. The van der Waals surface area contributed by atoms with Gasteiger partial charge in [0.2, 0.25) is 15.7 Å². The van der Waals surface area contributed by atoms with Crippen LogP contribution < -0.4 is 0 Å². The molecule has 0 spiro atoms. The molecule has 0 radical (unpaired) electrons. The summed E-state index contributed by atoms with van der Waals surface area (Å²) in [7, 11) is -3.51. The monoisotopic (exact) mass is 265 g/mol. The molecule has 18 heavy (non-hydrogen) atoms. The maximum absolute atomic E-state index is 12.0. The van der Waals surface area contributed by atoms with Gasteiger partial charge in [-0.05, 0) is 12.1 Å². The predicted molar refractivity (Wildman–Crippen MR) is 62.9 cm³/mol. The van der Waals surface area contributed by atoms with Crippen molar-refractivity contribution in [1.82, 2.24) is 4.90 Å². The number of sulfone groups is 1. The smallest absolute Gasteiger partial charge is 0.231 e. The van der Waals surface area contributed by atoms with Crippen LogP contribution in [-0.2, 0) is 19.4 Å². The molecule has 2 aliphatic rings. The zero-order chi connectivity index (χ0) is 12.8. The third-order valence-electron chi connectivity index (χ3n) is 2.99. The fourth-order valence-corrected chi connectivity index (χ4v) is 3.17. The van der Waals surface area contributed by atoms with Crippen LogP contribution in [0.15, 0.2) is 46.4 Å². The van der Waals surface area contributed by atoms with E-state index in [1.165, 1.54) is 17.0 Å². The fraction of sp³-hybridized carbons (Fsp3) is 0.250. The molecule has 0 aliphatic carbocycles. The molecule has 5 nitrogen and oxygen atoms in total. The number of carbonyl (C=O) groups is 1. The van der Waals surface area contributed by atoms with Crippen LogP contribution in [0.5, 0.6) is 0 Å². The van der Waals surface area contributed by atoms with E-state index in [9.17, 15) is 13.2 Å². The van der Waals surface area contributed by atoms with Gasteiger partial charge >= 0.3 is 0 Å². The lowest BCUT2D eigenvalue weighted by Crippen LogP contribution is -2.48. The Labute approximate surface area is 105 Å². The van der Waals surface area contributed by atoms with E-state index in [2.05, 4.69) is 0 Å². The molecule has 0 saturated carbocycles. The summed E-state index contributed by atoms with van der Waals surface area (Å²) in [5, 5.41) is 1.11. The minimum atomic E-state index is -3.51. The molecule has 3 rings (SSSR count). The van der Waals surface area contributed by atoms with E-state index in [1.807, 2.05) is 0 Å². The molecule has 2 aliphatic heterocycles. The minimum Gasteiger partial charge on any atom is -0.472 e. The van der Waals surface area contributed by atoms with Crippen molar-refractivity contribution in [3.63, 3.8) is 0 Å². The zero-order valence-electron chi connectivity index (χ0n) is 9.44. The fourth-order valence-electron chi connectivity index (χ4n) is 2.02. The molecule has 1 aromatic rings. The lowest BCUT2D eigenvalue weighted by Gasteiger charge is -2.30. The molecule has 1 unspecified atom stereocenters. The van der Waals surface area contributed by atoms with E-state index in [0.29, 0.717) is 12.2 Å². The summed E-state index contributed by atoms with van der Waals surface area (Å²) in [6.07, 6.45) is 0.0673. The summed E-state index contributed by atoms with van der Waals surface area (Å²) in [6, 6.07) is 8.14. The summed E-state index contributed by atoms with van der Waals surface area (Å²) >= 11 is 0. The number of amides is 1. The predicted octanol–water partition coefficient (Wildman–Crippen LogP) is 0.890. The maximum atomic E-state index is 12.0. The average molecular weight is 265 g/mol. The number of hydrogen-bond acceptors (Lipinski definition) is 4. The van der Waals surface area contributed by atoms with Gasteiger partial charge in [0, 0.05) is 0 Å². The Bertz CT molecular complexity index is 621. The Morgan fingerprint density at radius 2 is 2.00 bits per heavy atom. The first-order valence-corrected chi connectivity index (χ1v) is 7.08. The highest BCUT2D eigenvalue weighted by Gasteiger charge is 2.44. The van der Waals surface area contributed by atoms with Crippen LogP contribution in [0.1, 0.15) is 6.42 Å². The van der Waals surface area contributed by atoms with Gasteiger partial charge < -0.3 is 4.74 Å². The van der Waals surface area contributed by atoms with E-state index in [-0.39, 0.29) is 23.6 Å². The Morgan fingerprint density at radius 3 is 2.61 bits per heavy atom. The second-order valence-electron chi connectivity index (χ2n) is 4.24. The van der Waals surface area contributed by atoms with Crippen molar-refractivity contribution in [2.24, 2.45) is 0 Å². The Morgan fingerprint density at radius 1 is 1.28 bits per heavy atom. The van der Waals surface area contributed by atoms with Crippen LogP contribution in [0.25, 0.3) is 0 Å². The second-order valence-corrected chi connectivity index (χ2v) is 6.04. The van der Waals surface area contributed by atoms with Gasteiger partial charge in [-0.3, -0.25) is 9.69 Å². The Balaban J connectivity index is 1.87. The first-order chi connectivity index (χ1) is 8.56. The standard InChI is InChI=1S/C12H11NO4S/c14-11-6-12-13(11)7-9(17-12)8-18(15,16)10-4-2-1-3-5-10/h1-5,8,12H,6-7H2/b9-8-. The van der Waals surface area contributed by atoms with Crippen molar-refractivity contribution in [2.45, 2.75) is 17.5 Å². The summed E-state index contributed by atoms with van der Waals surface area (Å²) < 4.78 is 29.5. The highest BCUT2D eigenvalue weighted by atomic mass is 32.2. The molecule has 2 fully saturated rings. The number of nitrogens with zero attached hydrogens (tertiary/aromatic N) is 1. The van der Waals surface area contributed by atoms with Gasteiger partial charge in [-0.15, -0.1) is 0 Å². The lowest BCUT2D eigenvalue weighted by atomic mass is 10.2. The molecular weight excluding hydrogens is 254 g/mol. The Kier molecular flexibility index (Phi) is 2.41. The van der Waals surface area contributed by atoms with Gasteiger partial charge in [-0.25, -0.2) is 8.42 Å². The van der Waals surface area contributed by atoms with Crippen molar-refractivity contribution in [1.29, 1.82) is 0 Å². The van der Waals surface area contributed by atoms with E-state index >= 15 is 0 Å². The van der Waals surface area contributed by atoms with Gasteiger partial charge in [-0.2, -0.15) is 0 Å². The molecule has 1 atom stereocenters. The number of β-lactam (4-membered cyclic amide) rings is 1. The van der Waals surface area contributed by atoms with Gasteiger partial charge in [-0.1, -0.05) is 18.2 Å². The summed E-state index contributed by atoms with van der Waals surface area (Å²) in [4.78, 5) is 12.9. The van der Waals surface area contributed by atoms with Gasteiger partial charge in [0.15, 0.2) is 6.23 Å². The molecule has 1 amide bonds. The third-order valence-corrected chi connectivity index (χ3v) is 4.49. The first kappa shape index (κ1) is 11.3. The van der Waals surface area contributed by atoms with E-state index in [0.717, 1.165) is 5.41 Å². The molecule has 6 heteroatoms. The van der Waals surface area contributed by atoms with E-state index in [4.69, 9.17) is 4.74 Å². The number of rotatable bonds is 2. The third kappa shape index (κ3) is 1.78. The molecule has 94 valence electrons. The molecule has 0 bridgehead atoms. The van der Waals surface area contributed by atoms with Gasteiger partial charge in [0.1, 0.15) is 5.76 Å². The zero-order valence-corrected chi connectivity index (χ0v) is 10.3. The highest BCUT2D eigenvalue weighted by Crippen LogP contribution is 2.31. The van der Waals surface area contributed by atoms with Crippen molar-refractivity contribution in [3.05, 3.63) is 41.5 Å². The molecule has 2 saturated heterocycles. The van der Waals surface area contributed by atoms with Crippen LogP contribution in [-0.4, -0.2) is 32.0 Å². The molecule has 2 heterocycles. The maximum Gasteiger partial charge on any atom is 0.231 e. The van der Waals surface area contributed by atoms with Gasteiger partial charge in [0.05, 0.1) is 23.3 Å². The topological polar surface area (TPSA) is 63.7 Å². The van der Waals surface area contributed by atoms with Crippen LogP contribution in [0.2, 0.25) is 0 Å². The number of benzene rings is 1. The van der Waals surface area contributed by atoms with E-state index in [1.54, 1.807) is 18.2 Å². The van der Waals surface area contributed by atoms with Crippen LogP contribution >= 0.6 is 0 Å². The summed E-state index contributed by atoms with van der Waals surface area (Å²) in [5.74, 6) is 0.329. The average Bonchev–Trinajstić information content (AvgIpc) is 2.67. The lowest BCUT2D eigenvalue weighted by molar-refractivity contribution is -0.153.